The number of halogens is 15. The largest absolute Gasteiger partial charge is 0.460 e. The van der Waals surface area contributed by atoms with Crippen LogP contribution in [0.5, 0.6) is 0 Å². The number of aryl methyl sites for hydroxylation is 1. The highest BCUT2D eigenvalue weighted by Crippen LogP contribution is 2.62. The Hall–Kier alpha value is -2.16. The van der Waals surface area contributed by atoms with Gasteiger partial charge in [-0.2, -0.15) is 65.9 Å². The summed E-state index contributed by atoms with van der Waals surface area (Å²) in [6, 6.07) is 2.84. The maximum atomic E-state index is 14.3. The van der Waals surface area contributed by atoms with E-state index in [1.165, 1.54) is 0 Å². The van der Waals surface area contributed by atoms with Crippen molar-refractivity contribution in [3.8, 4) is 0 Å². The number of benzene rings is 1. The molecule has 1 fully saturated rings. The van der Waals surface area contributed by atoms with Crippen molar-refractivity contribution in [3.63, 3.8) is 0 Å². The van der Waals surface area contributed by atoms with E-state index in [0.717, 1.165) is 57.1 Å². The molecular weight excluding hydrogens is 613 g/mol. The minimum atomic E-state index is -8.43. The minimum absolute atomic E-state index is 0.318. The summed E-state index contributed by atoms with van der Waals surface area (Å²) in [6.45, 7) is 2.08. The first kappa shape index (κ1) is 36.0. The Bertz CT molecular complexity index is 1050. The van der Waals surface area contributed by atoms with Crippen LogP contribution in [0.25, 0.3) is 0 Å². The standard InChI is InChI=1S/C26H27F15O/c1-2-3-4-15-5-7-16(8-6-15)9-10-17-11-13-18(14-12-17)19(42)20(27,28)21(29,30)22(31,32)23(33,34)24(35,36)25(37,38)26(39,40)41/h11-16H,2-10H2,1H3/t15-,16-. The van der Waals surface area contributed by atoms with Gasteiger partial charge in [0.25, 0.3) is 0 Å². The van der Waals surface area contributed by atoms with Crippen molar-refractivity contribution in [2.45, 2.75) is 106 Å². The van der Waals surface area contributed by atoms with Crippen LogP contribution >= 0.6 is 0 Å². The van der Waals surface area contributed by atoms with Gasteiger partial charge in [-0.3, -0.25) is 4.79 Å². The van der Waals surface area contributed by atoms with E-state index in [4.69, 9.17) is 0 Å². The second-order valence-corrected chi connectivity index (χ2v) is 10.5. The molecule has 16 heteroatoms. The lowest BCUT2D eigenvalue weighted by Gasteiger charge is -2.41. The van der Waals surface area contributed by atoms with Gasteiger partial charge in [0.05, 0.1) is 0 Å². The number of hydrogen-bond donors (Lipinski definition) is 0. The molecule has 2 rings (SSSR count). The van der Waals surface area contributed by atoms with Gasteiger partial charge in [-0.05, 0) is 30.2 Å². The maximum Gasteiger partial charge on any atom is 0.460 e. The molecule has 1 nitrogen and oxygen atoms in total. The topological polar surface area (TPSA) is 17.1 Å². The lowest BCUT2D eigenvalue weighted by atomic mass is 9.78. The van der Waals surface area contributed by atoms with Crippen molar-refractivity contribution >= 4 is 5.78 Å². The van der Waals surface area contributed by atoms with Crippen molar-refractivity contribution < 1.29 is 70.7 Å². The van der Waals surface area contributed by atoms with Crippen LogP contribution in [0.4, 0.5) is 65.9 Å². The van der Waals surface area contributed by atoms with Crippen LogP contribution in [-0.2, 0) is 6.42 Å². The van der Waals surface area contributed by atoms with Crippen LogP contribution in [0.2, 0.25) is 0 Å². The molecule has 242 valence electrons. The van der Waals surface area contributed by atoms with Crippen LogP contribution in [0.1, 0.15) is 74.2 Å². The van der Waals surface area contributed by atoms with Crippen LogP contribution in [-0.4, -0.2) is 47.5 Å². The number of Topliss-reactive ketones (excluding diaryl/α,β-unsaturated/α-hetero) is 1. The quantitative estimate of drug-likeness (QED) is 0.155. The number of hydrogen-bond acceptors (Lipinski definition) is 1. The summed E-state index contributed by atoms with van der Waals surface area (Å²) in [6.07, 6.45) is 0.486. The van der Waals surface area contributed by atoms with E-state index in [9.17, 15) is 70.7 Å². The summed E-state index contributed by atoms with van der Waals surface area (Å²) in [5, 5.41) is 0. The first-order chi connectivity index (χ1) is 18.9. The van der Waals surface area contributed by atoms with Gasteiger partial charge in [-0.1, -0.05) is 76.1 Å². The van der Waals surface area contributed by atoms with Crippen molar-refractivity contribution in [1.29, 1.82) is 0 Å². The fourth-order valence-electron chi connectivity index (χ4n) is 4.79. The Kier molecular flexibility index (Phi) is 10.4. The summed E-state index contributed by atoms with van der Waals surface area (Å²) in [4.78, 5) is 12.0. The van der Waals surface area contributed by atoms with Crippen LogP contribution in [0, 0.1) is 11.8 Å². The zero-order chi connectivity index (χ0) is 32.6. The predicted octanol–water partition coefficient (Wildman–Crippen LogP) is 10.2. The molecule has 0 amide bonds. The average molecular weight is 640 g/mol. The Labute approximate surface area is 230 Å². The van der Waals surface area contributed by atoms with E-state index >= 15 is 0 Å². The molecular formula is C26H27F15O. The zero-order valence-electron chi connectivity index (χ0n) is 21.9. The Balaban J connectivity index is 2.20. The van der Waals surface area contributed by atoms with Crippen molar-refractivity contribution in [2.75, 3.05) is 0 Å². The van der Waals surface area contributed by atoms with Gasteiger partial charge in [0.1, 0.15) is 0 Å². The lowest BCUT2D eigenvalue weighted by Crippen LogP contribution is -2.73. The summed E-state index contributed by atoms with van der Waals surface area (Å²) in [5.74, 6) is -50.3. The molecule has 0 N–H and O–H groups in total. The van der Waals surface area contributed by atoms with Crippen molar-refractivity contribution in [3.05, 3.63) is 35.4 Å². The average Bonchev–Trinajstić information content (AvgIpc) is 2.89. The smallest absolute Gasteiger partial charge is 0.287 e. The summed E-state index contributed by atoms with van der Waals surface area (Å²) >= 11 is 0. The third kappa shape index (κ3) is 6.22. The van der Waals surface area contributed by atoms with E-state index in [0.29, 0.717) is 42.4 Å². The van der Waals surface area contributed by atoms with Gasteiger partial charge in [0, 0.05) is 5.56 Å². The zero-order valence-corrected chi connectivity index (χ0v) is 21.9. The van der Waals surface area contributed by atoms with E-state index in [-0.39, 0.29) is 0 Å². The summed E-state index contributed by atoms with van der Waals surface area (Å²) in [5.41, 5.74) is -1.08. The van der Waals surface area contributed by atoms with Crippen molar-refractivity contribution in [1.82, 2.24) is 0 Å². The SMILES string of the molecule is CCCC[C@H]1CC[C@H](CCc2ccc(C(=O)C(F)(F)C(F)(F)C(F)(F)C(F)(F)C(F)(F)C(F)(F)C(F)(F)F)cc2)CC1. The van der Waals surface area contributed by atoms with Crippen LogP contribution in [0.3, 0.4) is 0 Å². The number of unbranched alkanes of at least 4 members (excludes halogenated alkanes) is 1. The molecule has 1 aromatic rings. The molecule has 0 aromatic heterocycles. The van der Waals surface area contributed by atoms with E-state index in [1.807, 2.05) is 0 Å². The first-order valence-electron chi connectivity index (χ1n) is 12.9. The summed E-state index contributed by atoms with van der Waals surface area (Å²) in [7, 11) is 0. The fraction of sp³-hybridized carbons (Fsp3) is 0.731. The minimum Gasteiger partial charge on any atom is -0.287 e. The third-order valence-corrected chi connectivity index (χ3v) is 7.60. The molecule has 1 aliphatic carbocycles. The van der Waals surface area contributed by atoms with E-state index in [1.54, 1.807) is 0 Å². The number of alkyl halides is 15. The number of carbonyl (C=O) groups excluding carboxylic acids is 1. The third-order valence-electron chi connectivity index (χ3n) is 7.60. The van der Waals surface area contributed by atoms with Gasteiger partial charge in [-0.25, -0.2) is 0 Å². The number of carbonyl (C=O) groups is 1. The van der Waals surface area contributed by atoms with Crippen molar-refractivity contribution in [2.24, 2.45) is 11.8 Å². The molecule has 0 aliphatic heterocycles. The van der Waals surface area contributed by atoms with Gasteiger partial charge in [0.2, 0.25) is 5.78 Å². The molecule has 0 radical (unpaired) electrons. The lowest BCUT2D eigenvalue weighted by molar-refractivity contribution is -0.449. The molecule has 0 saturated heterocycles. The summed E-state index contributed by atoms with van der Waals surface area (Å²) < 4.78 is 201. The Morgan fingerprint density at radius 1 is 0.619 bits per heavy atom. The molecule has 0 unspecified atom stereocenters. The molecule has 0 bridgehead atoms. The number of ketones is 1. The predicted molar refractivity (Wildman–Crippen MR) is 120 cm³/mol. The highest BCUT2D eigenvalue weighted by molar-refractivity contribution is 6.02. The molecule has 0 spiro atoms. The highest BCUT2D eigenvalue weighted by Gasteiger charge is 2.93. The van der Waals surface area contributed by atoms with E-state index < -0.39 is 53.1 Å². The molecule has 42 heavy (non-hydrogen) atoms. The Morgan fingerprint density at radius 2 is 1.02 bits per heavy atom. The second-order valence-electron chi connectivity index (χ2n) is 10.5. The first-order valence-corrected chi connectivity index (χ1v) is 12.9. The molecule has 1 saturated carbocycles. The fourth-order valence-corrected chi connectivity index (χ4v) is 4.79. The monoisotopic (exact) mass is 640 g/mol. The molecule has 1 aromatic carbocycles. The van der Waals surface area contributed by atoms with Gasteiger partial charge in [0.15, 0.2) is 0 Å². The van der Waals surface area contributed by atoms with Gasteiger partial charge >= 0.3 is 41.7 Å². The van der Waals surface area contributed by atoms with E-state index in [2.05, 4.69) is 6.92 Å². The molecule has 0 atom stereocenters. The van der Waals surface area contributed by atoms with Crippen LogP contribution in [0.15, 0.2) is 24.3 Å². The maximum absolute atomic E-state index is 14.3. The van der Waals surface area contributed by atoms with Gasteiger partial charge < -0.3 is 0 Å². The second kappa shape index (κ2) is 12.1. The normalized spacial score (nSPS) is 20.1. The Morgan fingerprint density at radius 3 is 1.45 bits per heavy atom. The van der Waals surface area contributed by atoms with Crippen LogP contribution < -0.4 is 0 Å². The molecule has 0 heterocycles. The van der Waals surface area contributed by atoms with Gasteiger partial charge in [-0.15, -0.1) is 0 Å². The molecule has 1 aliphatic rings. The highest BCUT2D eigenvalue weighted by atomic mass is 19.4. The number of rotatable bonds is 13.